The van der Waals surface area contributed by atoms with Crippen molar-refractivity contribution in [3.63, 3.8) is 0 Å². The monoisotopic (exact) mass is 676 g/mol. The molecule has 3 saturated heterocycles. The summed E-state index contributed by atoms with van der Waals surface area (Å²) in [7, 11) is 1.75. The highest BCUT2D eigenvalue weighted by molar-refractivity contribution is 6.35. The third kappa shape index (κ3) is 6.04. The van der Waals surface area contributed by atoms with Crippen LogP contribution in [0.4, 0.5) is 4.39 Å². The van der Waals surface area contributed by atoms with Crippen LogP contribution in [0.5, 0.6) is 0 Å². The number of carbonyl (C=O) groups excluding carboxylic acids is 2. The molecule has 4 aliphatic rings. The molecule has 7 rings (SSSR count). The lowest BCUT2D eigenvalue weighted by Gasteiger charge is -2.54. The lowest BCUT2D eigenvalue weighted by molar-refractivity contribution is -0.128. The van der Waals surface area contributed by atoms with Crippen molar-refractivity contribution in [2.45, 2.75) is 72.0 Å². The first-order valence-electron chi connectivity index (χ1n) is 17.8. The van der Waals surface area contributed by atoms with Crippen LogP contribution in [-0.4, -0.2) is 105 Å². The molecule has 0 spiro atoms. The van der Waals surface area contributed by atoms with Gasteiger partial charge in [0.25, 0.3) is 5.91 Å². The number of aromatic nitrogens is 2. The minimum absolute atomic E-state index is 0.0243. The normalized spacial score (nSPS) is 25.5. The number of halogens is 2. The standard InChI is InChI=1S/C38H50ClFN6O2/c1-22(2)37(26-10-31(11-26)44-19-28-17-43(24(5)47)18-29(28)20-44)45-15-25(16-45)9-27-21-46(35-14-41-13-33(39)36(27)35)34-8-7-30(40)12-32(34)38(48)42(6)23(3)4/h7-8,12-14,21-23,25-26,28-29,31,37H,9-11,15-20H2,1-6H3/t26-,28-,29?,31+,37-/m1/s1. The Bertz CT molecular complexity index is 1680. The van der Waals surface area contributed by atoms with Crippen molar-refractivity contribution in [3.8, 4) is 5.69 Å². The van der Waals surface area contributed by atoms with Crippen LogP contribution in [-0.2, 0) is 11.2 Å². The van der Waals surface area contributed by atoms with Crippen LogP contribution in [0.3, 0.4) is 0 Å². The lowest BCUT2D eigenvalue weighted by Crippen LogP contribution is -2.60. The molecule has 0 N–H and O–H groups in total. The van der Waals surface area contributed by atoms with Gasteiger partial charge in [-0.25, -0.2) is 4.39 Å². The summed E-state index contributed by atoms with van der Waals surface area (Å²) in [6, 6.07) is 5.67. The Hall–Kier alpha value is -3.01. The summed E-state index contributed by atoms with van der Waals surface area (Å²) in [6.45, 7) is 16.7. The molecular formula is C38H50ClFN6O2. The first kappa shape index (κ1) is 33.5. The topological polar surface area (TPSA) is 64.9 Å². The molecule has 0 radical (unpaired) electrons. The van der Waals surface area contributed by atoms with Gasteiger partial charge in [-0.1, -0.05) is 25.4 Å². The minimum Gasteiger partial charge on any atom is -0.342 e. The van der Waals surface area contributed by atoms with Gasteiger partial charge >= 0.3 is 0 Å². The minimum atomic E-state index is -0.442. The lowest BCUT2D eigenvalue weighted by atomic mass is 9.70. The second kappa shape index (κ2) is 13.0. The number of amides is 2. The van der Waals surface area contributed by atoms with Gasteiger partial charge in [0.05, 0.1) is 28.0 Å². The Morgan fingerprint density at radius 3 is 2.33 bits per heavy atom. The predicted octanol–water partition coefficient (Wildman–Crippen LogP) is 5.99. The van der Waals surface area contributed by atoms with Crippen LogP contribution < -0.4 is 0 Å². The number of hydrogen-bond donors (Lipinski definition) is 0. The number of hydrogen-bond acceptors (Lipinski definition) is 5. The molecular weight excluding hydrogens is 627 g/mol. The zero-order valence-electron chi connectivity index (χ0n) is 29.2. The second-order valence-corrected chi connectivity index (χ2v) is 16.2. The van der Waals surface area contributed by atoms with Gasteiger partial charge < -0.3 is 14.4 Å². The van der Waals surface area contributed by atoms with Gasteiger partial charge in [-0.05, 0) is 86.5 Å². The third-order valence-corrected chi connectivity index (χ3v) is 12.3. The van der Waals surface area contributed by atoms with Gasteiger partial charge in [-0.2, -0.15) is 0 Å². The van der Waals surface area contributed by atoms with Crippen LogP contribution in [0.1, 0.15) is 63.4 Å². The molecule has 8 nitrogen and oxygen atoms in total. The van der Waals surface area contributed by atoms with E-state index in [-0.39, 0.29) is 17.9 Å². The van der Waals surface area contributed by atoms with E-state index in [1.807, 2.05) is 23.3 Å². The fraction of sp³-hybridized carbons (Fsp3) is 0.605. The molecule has 5 heterocycles. The van der Waals surface area contributed by atoms with E-state index in [4.69, 9.17) is 11.6 Å². The summed E-state index contributed by atoms with van der Waals surface area (Å²) >= 11 is 6.79. The molecule has 48 heavy (non-hydrogen) atoms. The molecule has 3 atom stereocenters. The van der Waals surface area contributed by atoms with E-state index in [9.17, 15) is 14.0 Å². The average Bonchev–Trinajstić information content (AvgIpc) is 3.68. The molecule has 1 aliphatic carbocycles. The summed E-state index contributed by atoms with van der Waals surface area (Å²) in [4.78, 5) is 38.8. The summed E-state index contributed by atoms with van der Waals surface area (Å²) in [5.41, 5.74) is 2.90. The van der Waals surface area contributed by atoms with Crippen molar-refractivity contribution in [2.24, 2.45) is 29.6 Å². The van der Waals surface area contributed by atoms with Crippen molar-refractivity contribution in [1.82, 2.24) is 29.2 Å². The Morgan fingerprint density at radius 1 is 1.02 bits per heavy atom. The van der Waals surface area contributed by atoms with Crippen LogP contribution in [0, 0.1) is 35.4 Å². The van der Waals surface area contributed by atoms with Crippen LogP contribution in [0.2, 0.25) is 5.02 Å². The molecule has 1 unspecified atom stereocenters. The maximum Gasteiger partial charge on any atom is 0.256 e. The van der Waals surface area contributed by atoms with E-state index in [1.54, 1.807) is 37.3 Å². The number of benzene rings is 1. The summed E-state index contributed by atoms with van der Waals surface area (Å²) < 4.78 is 16.5. The average molecular weight is 677 g/mol. The smallest absolute Gasteiger partial charge is 0.256 e. The fourth-order valence-corrected chi connectivity index (χ4v) is 9.51. The number of rotatable bonds is 9. The predicted molar refractivity (Wildman–Crippen MR) is 188 cm³/mol. The first-order valence-corrected chi connectivity index (χ1v) is 18.2. The van der Waals surface area contributed by atoms with Crippen molar-refractivity contribution in [1.29, 1.82) is 0 Å². The van der Waals surface area contributed by atoms with Crippen LogP contribution >= 0.6 is 11.6 Å². The van der Waals surface area contributed by atoms with Gasteiger partial charge in [0.2, 0.25) is 5.91 Å². The van der Waals surface area contributed by atoms with Gasteiger partial charge in [-0.15, -0.1) is 0 Å². The Labute approximate surface area is 289 Å². The first-order chi connectivity index (χ1) is 22.9. The summed E-state index contributed by atoms with van der Waals surface area (Å²) in [6.07, 6.45) is 8.99. The molecule has 2 amide bonds. The molecule has 1 aromatic carbocycles. The second-order valence-electron chi connectivity index (χ2n) is 15.8. The van der Waals surface area contributed by atoms with E-state index in [0.29, 0.717) is 52.0 Å². The van der Waals surface area contributed by atoms with Gasteiger partial charge in [0, 0.05) is 89.1 Å². The van der Waals surface area contributed by atoms with Gasteiger partial charge in [0.1, 0.15) is 5.82 Å². The highest BCUT2D eigenvalue weighted by atomic mass is 35.5. The fourth-order valence-electron chi connectivity index (χ4n) is 9.23. The largest absolute Gasteiger partial charge is 0.342 e. The maximum absolute atomic E-state index is 14.5. The van der Waals surface area contributed by atoms with E-state index in [2.05, 4.69) is 34.8 Å². The molecule has 3 aromatic rings. The zero-order valence-corrected chi connectivity index (χ0v) is 30.0. The van der Waals surface area contributed by atoms with Gasteiger partial charge in [0.15, 0.2) is 0 Å². The van der Waals surface area contributed by atoms with Crippen molar-refractivity contribution in [3.05, 3.63) is 58.8 Å². The molecule has 2 aromatic heterocycles. The van der Waals surface area contributed by atoms with Gasteiger partial charge in [-0.3, -0.25) is 24.4 Å². The number of nitrogens with zero attached hydrogens (tertiary/aromatic N) is 6. The molecule has 0 bridgehead atoms. The zero-order chi connectivity index (χ0) is 34.0. The third-order valence-electron chi connectivity index (χ3n) is 12.0. The quantitative estimate of drug-likeness (QED) is 0.279. The number of pyridine rings is 1. The molecule has 10 heteroatoms. The molecule has 3 aliphatic heterocycles. The van der Waals surface area contributed by atoms with E-state index >= 15 is 0 Å². The summed E-state index contributed by atoms with van der Waals surface area (Å²) in [5.74, 6) is 2.69. The Morgan fingerprint density at radius 2 is 1.71 bits per heavy atom. The van der Waals surface area contributed by atoms with Crippen LogP contribution in [0.25, 0.3) is 16.6 Å². The van der Waals surface area contributed by atoms with Crippen molar-refractivity contribution < 1.29 is 14.0 Å². The molecule has 4 fully saturated rings. The highest BCUT2D eigenvalue weighted by Gasteiger charge is 2.49. The van der Waals surface area contributed by atoms with Crippen molar-refractivity contribution >= 4 is 34.3 Å². The number of likely N-dealkylation sites (tertiary alicyclic amines) is 3. The Balaban J connectivity index is 1.03. The van der Waals surface area contributed by atoms with E-state index < -0.39 is 5.82 Å². The molecule has 258 valence electrons. The number of fused-ring (bicyclic) bond motifs is 2. The van der Waals surface area contributed by atoms with E-state index in [0.717, 1.165) is 68.1 Å². The van der Waals surface area contributed by atoms with E-state index in [1.165, 1.54) is 25.0 Å². The summed E-state index contributed by atoms with van der Waals surface area (Å²) in [5, 5.41) is 1.54. The maximum atomic E-state index is 14.5. The van der Waals surface area contributed by atoms with Crippen molar-refractivity contribution in [2.75, 3.05) is 46.3 Å². The Kier molecular flexibility index (Phi) is 9.09. The molecule has 1 saturated carbocycles. The van der Waals surface area contributed by atoms with Crippen LogP contribution in [0.15, 0.2) is 36.8 Å². The highest BCUT2D eigenvalue weighted by Crippen LogP contribution is 2.44. The number of carbonyl (C=O) groups is 2. The SMILES string of the molecule is CC(=O)N1CC2CN([C@H]3C[C@@H]([C@@H](C(C)C)N4CC(Cc5cn(-c6ccc(F)cc6C(=O)N(C)C(C)C)c6cncc(Cl)c56)C4)C3)C[C@H]2C1.